The van der Waals surface area contributed by atoms with Gasteiger partial charge in [0.15, 0.2) is 0 Å². The summed E-state index contributed by atoms with van der Waals surface area (Å²) in [5, 5.41) is -0.456. The van der Waals surface area contributed by atoms with Crippen molar-refractivity contribution in [1.82, 2.24) is 0 Å². The van der Waals surface area contributed by atoms with Crippen molar-refractivity contribution in [3.8, 4) is 0 Å². The van der Waals surface area contributed by atoms with Gasteiger partial charge in [0.1, 0.15) is 6.29 Å². The maximum absolute atomic E-state index is 10.2. The van der Waals surface area contributed by atoms with Gasteiger partial charge in [-0.25, -0.2) is 0 Å². The summed E-state index contributed by atoms with van der Waals surface area (Å²) in [6.45, 7) is 1.75. The topological polar surface area (TPSA) is 34.1 Å². The van der Waals surface area contributed by atoms with Gasteiger partial charge in [0.05, 0.1) is 5.92 Å². The van der Waals surface area contributed by atoms with Crippen molar-refractivity contribution in [3.63, 3.8) is 0 Å². The predicted molar refractivity (Wildman–Crippen MR) is 32.2 cm³/mol. The first-order valence-corrected chi connectivity index (χ1v) is 2.79. The highest BCUT2D eigenvalue weighted by molar-refractivity contribution is 7.77. The molecule has 1 unspecified atom stereocenters. The fourth-order valence-electron chi connectivity index (χ4n) is 0.318. The van der Waals surface area contributed by atoms with Crippen LogP contribution in [0.3, 0.4) is 0 Å². The SMILES string of the molecule is CCC(C=O)C(=O)[S-]. The summed E-state index contributed by atoms with van der Waals surface area (Å²) < 4.78 is 0. The quantitative estimate of drug-likeness (QED) is 0.313. The Hall–Kier alpha value is -0.440. The molecule has 0 aliphatic rings. The predicted octanol–water partition coefficient (Wildman–Crippen LogP) is 0.285. The first kappa shape index (κ1) is 7.56. The van der Waals surface area contributed by atoms with Gasteiger partial charge in [-0.15, -0.1) is 0 Å². The van der Waals surface area contributed by atoms with Crippen molar-refractivity contribution in [3.05, 3.63) is 0 Å². The number of carbonyl (C=O) groups excluding carboxylic acids is 2. The van der Waals surface area contributed by atoms with Gasteiger partial charge < -0.3 is 22.2 Å². The summed E-state index contributed by atoms with van der Waals surface area (Å²) in [5.74, 6) is -0.551. The van der Waals surface area contributed by atoms with E-state index >= 15 is 0 Å². The average Bonchev–Trinajstić information content (AvgIpc) is 1.69. The number of aldehydes is 1. The van der Waals surface area contributed by atoms with Crippen LogP contribution < -0.4 is 0 Å². The normalized spacial score (nSPS) is 12.6. The molecule has 0 aromatic rings. The van der Waals surface area contributed by atoms with Crippen LogP contribution in [-0.2, 0) is 22.2 Å². The molecule has 0 heterocycles. The van der Waals surface area contributed by atoms with Crippen LogP contribution in [0.2, 0.25) is 0 Å². The summed E-state index contributed by atoms with van der Waals surface area (Å²) in [4.78, 5) is 20.1. The minimum Gasteiger partial charge on any atom is -0.741 e. The van der Waals surface area contributed by atoms with E-state index < -0.39 is 11.0 Å². The Labute approximate surface area is 53.7 Å². The van der Waals surface area contributed by atoms with Gasteiger partial charge in [-0.2, -0.15) is 0 Å². The van der Waals surface area contributed by atoms with Crippen molar-refractivity contribution in [1.29, 1.82) is 0 Å². The van der Waals surface area contributed by atoms with Crippen molar-refractivity contribution < 1.29 is 9.59 Å². The molecule has 0 aromatic carbocycles. The summed E-state index contributed by atoms with van der Waals surface area (Å²) >= 11 is 4.23. The van der Waals surface area contributed by atoms with Crippen molar-refractivity contribution >= 4 is 24.0 Å². The van der Waals surface area contributed by atoms with E-state index in [1.54, 1.807) is 6.92 Å². The zero-order valence-corrected chi connectivity index (χ0v) is 5.40. The van der Waals surface area contributed by atoms with Crippen LogP contribution >= 0.6 is 0 Å². The fraction of sp³-hybridized carbons (Fsp3) is 0.600. The molecule has 46 valence electrons. The first-order valence-electron chi connectivity index (χ1n) is 2.38. The summed E-state index contributed by atoms with van der Waals surface area (Å²) in [6.07, 6.45) is 1.11. The number of rotatable bonds is 3. The van der Waals surface area contributed by atoms with Gasteiger partial charge in [-0.05, 0) is 6.42 Å². The Morgan fingerprint density at radius 2 is 2.38 bits per heavy atom. The molecule has 0 rings (SSSR count). The van der Waals surface area contributed by atoms with Crippen molar-refractivity contribution in [2.75, 3.05) is 0 Å². The lowest BCUT2D eigenvalue weighted by molar-refractivity contribution is -0.121. The van der Waals surface area contributed by atoms with Gasteiger partial charge in [-0.3, -0.25) is 0 Å². The smallest absolute Gasteiger partial charge is 0.128 e. The highest BCUT2D eigenvalue weighted by Gasteiger charge is 2.01. The monoisotopic (exact) mass is 131 g/mol. The lowest BCUT2D eigenvalue weighted by Gasteiger charge is -2.07. The Kier molecular flexibility index (Phi) is 3.35. The second-order valence-corrected chi connectivity index (χ2v) is 1.87. The van der Waals surface area contributed by atoms with Gasteiger partial charge >= 0.3 is 0 Å². The molecule has 0 aliphatic heterocycles. The van der Waals surface area contributed by atoms with Crippen LogP contribution in [0.15, 0.2) is 0 Å². The summed E-state index contributed by atoms with van der Waals surface area (Å²) in [6, 6.07) is 0. The van der Waals surface area contributed by atoms with E-state index in [4.69, 9.17) is 0 Å². The van der Waals surface area contributed by atoms with Crippen LogP contribution in [0.1, 0.15) is 13.3 Å². The molecule has 0 bridgehead atoms. The molecule has 0 spiro atoms. The number of hydrogen-bond donors (Lipinski definition) is 0. The molecule has 0 fully saturated rings. The molecule has 0 radical (unpaired) electrons. The van der Waals surface area contributed by atoms with Gasteiger partial charge in [0, 0.05) is 5.12 Å². The first-order chi connectivity index (χ1) is 3.72. The van der Waals surface area contributed by atoms with E-state index in [9.17, 15) is 9.59 Å². The molecule has 8 heavy (non-hydrogen) atoms. The third kappa shape index (κ3) is 2.02. The highest BCUT2D eigenvalue weighted by atomic mass is 32.1. The zero-order valence-electron chi connectivity index (χ0n) is 4.59. The Morgan fingerprint density at radius 1 is 1.88 bits per heavy atom. The van der Waals surface area contributed by atoms with Gasteiger partial charge in [0.2, 0.25) is 0 Å². The molecule has 0 saturated carbocycles. The Morgan fingerprint density at radius 3 is 2.38 bits per heavy atom. The van der Waals surface area contributed by atoms with Gasteiger partial charge in [-0.1, -0.05) is 6.92 Å². The third-order valence-electron chi connectivity index (χ3n) is 0.907. The van der Waals surface area contributed by atoms with E-state index in [1.165, 1.54) is 0 Å². The largest absolute Gasteiger partial charge is 0.741 e. The summed E-state index contributed by atoms with van der Waals surface area (Å²) in [5.41, 5.74) is 0. The van der Waals surface area contributed by atoms with Crippen LogP contribution in [0.25, 0.3) is 0 Å². The van der Waals surface area contributed by atoms with E-state index in [0.29, 0.717) is 12.7 Å². The van der Waals surface area contributed by atoms with E-state index in [1.807, 2.05) is 0 Å². The molecule has 1 atom stereocenters. The average molecular weight is 131 g/mol. The Balaban J connectivity index is 3.69. The lowest BCUT2D eigenvalue weighted by Crippen LogP contribution is -2.10. The number of hydrogen-bond acceptors (Lipinski definition) is 3. The van der Waals surface area contributed by atoms with Crippen molar-refractivity contribution in [2.45, 2.75) is 13.3 Å². The van der Waals surface area contributed by atoms with E-state index in [-0.39, 0.29) is 0 Å². The van der Waals surface area contributed by atoms with Gasteiger partial charge in [0.25, 0.3) is 0 Å². The van der Waals surface area contributed by atoms with E-state index in [0.717, 1.165) is 0 Å². The highest BCUT2D eigenvalue weighted by Crippen LogP contribution is 1.96. The molecular weight excluding hydrogens is 124 g/mol. The van der Waals surface area contributed by atoms with Crippen LogP contribution in [-0.4, -0.2) is 11.4 Å². The third-order valence-corrected chi connectivity index (χ3v) is 1.21. The summed E-state index contributed by atoms with van der Waals surface area (Å²) in [7, 11) is 0. The zero-order chi connectivity index (χ0) is 6.57. The van der Waals surface area contributed by atoms with E-state index in [2.05, 4.69) is 12.6 Å². The molecule has 0 amide bonds. The molecule has 0 N–H and O–H groups in total. The van der Waals surface area contributed by atoms with Crippen molar-refractivity contribution in [2.24, 2.45) is 5.92 Å². The standard InChI is InChI=1S/C5H8O2S/c1-2-4(3-6)5(7)8/h3-4H,2H2,1H3,(H,7,8)/p-1. The maximum Gasteiger partial charge on any atom is 0.128 e. The molecule has 2 nitrogen and oxygen atoms in total. The van der Waals surface area contributed by atoms with Crippen LogP contribution in [0.5, 0.6) is 0 Å². The minimum atomic E-state index is -0.551. The Bertz CT molecular complexity index is 101. The molecule has 3 heteroatoms. The molecule has 0 saturated heterocycles. The fourth-order valence-corrected chi connectivity index (χ4v) is 0.541. The second-order valence-electron chi connectivity index (χ2n) is 1.47. The minimum absolute atomic E-state index is 0.456. The molecular formula is C5H7O2S-. The lowest BCUT2D eigenvalue weighted by atomic mass is 10.1. The second kappa shape index (κ2) is 3.55. The van der Waals surface area contributed by atoms with Crippen LogP contribution in [0.4, 0.5) is 0 Å². The van der Waals surface area contributed by atoms with Crippen LogP contribution in [0, 0.1) is 5.92 Å². The molecule has 0 aromatic heterocycles. The number of carbonyl (C=O) groups is 2. The molecule has 0 aliphatic carbocycles. The maximum atomic E-state index is 10.2.